The first-order valence-electron chi connectivity index (χ1n) is 7.00. The molecule has 5 nitrogen and oxygen atoms in total. The standard InChI is InChI=1S/C14H20N4OS/c19-13(18-11-8-16-17-9-11)15-10-14(6-7-14)20-12-4-2-1-3-5-12/h1-5,11,16-17H,6-10H2,(H2,15,18,19). The van der Waals surface area contributed by atoms with Gasteiger partial charge in [0.15, 0.2) is 0 Å². The molecule has 20 heavy (non-hydrogen) atoms. The van der Waals surface area contributed by atoms with Gasteiger partial charge in [-0.15, -0.1) is 11.8 Å². The van der Waals surface area contributed by atoms with Crippen LogP contribution in [-0.2, 0) is 0 Å². The average Bonchev–Trinajstić information content (AvgIpc) is 3.03. The van der Waals surface area contributed by atoms with E-state index < -0.39 is 0 Å². The van der Waals surface area contributed by atoms with Crippen molar-refractivity contribution in [1.82, 2.24) is 21.5 Å². The van der Waals surface area contributed by atoms with Crippen LogP contribution in [0.25, 0.3) is 0 Å². The summed E-state index contributed by atoms with van der Waals surface area (Å²) in [5, 5.41) is 5.96. The van der Waals surface area contributed by atoms with Crippen LogP contribution in [-0.4, -0.2) is 36.5 Å². The van der Waals surface area contributed by atoms with Gasteiger partial charge in [0.1, 0.15) is 0 Å². The lowest BCUT2D eigenvalue weighted by molar-refractivity contribution is 0.238. The summed E-state index contributed by atoms with van der Waals surface area (Å²) < 4.78 is 0.199. The number of rotatable bonds is 5. The summed E-state index contributed by atoms with van der Waals surface area (Å²) in [5.74, 6) is 0. The number of hydrazine groups is 1. The molecule has 1 aromatic rings. The van der Waals surface area contributed by atoms with Crippen LogP contribution in [0.2, 0.25) is 0 Å². The minimum absolute atomic E-state index is 0.0690. The Morgan fingerprint density at radius 2 is 1.95 bits per heavy atom. The van der Waals surface area contributed by atoms with Crippen LogP contribution in [0.4, 0.5) is 4.79 Å². The van der Waals surface area contributed by atoms with Crippen molar-refractivity contribution in [3.05, 3.63) is 30.3 Å². The minimum Gasteiger partial charge on any atom is -0.337 e. The highest BCUT2D eigenvalue weighted by Crippen LogP contribution is 2.51. The fourth-order valence-electron chi connectivity index (χ4n) is 2.24. The van der Waals surface area contributed by atoms with Gasteiger partial charge in [0.05, 0.1) is 6.04 Å². The van der Waals surface area contributed by atoms with Crippen LogP contribution in [0.1, 0.15) is 12.8 Å². The molecule has 4 N–H and O–H groups in total. The Morgan fingerprint density at radius 3 is 2.60 bits per heavy atom. The van der Waals surface area contributed by atoms with Crippen molar-refractivity contribution in [2.45, 2.75) is 28.5 Å². The highest BCUT2D eigenvalue weighted by Gasteiger charge is 2.43. The van der Waals surface area contributed by atoms with E-state index in [1.54, 1.807) is 0 Å². The van der Waals surface area contributed by atoms with E-state index in [-0.39, 0.29) is 16.8 Å². The Balaban J connectivity index is 1.44. The molecule has 0 aromatic heterocycles. The largest absolute Gasteiger partial charge is 0.337 e. The molecule has 1 aliphatic carbocycles. The predicted octanol–water partition coefficient (Wildman–Crippen LogP) is 1.09. The maximum absolute atomic E-state index is 11.8. The SMILES string of the molecule is O=C(NCC1(Sc2ccccc2)CC1)NC1CNNC1. The molecule has 2 aliphatic rings. The summed E-state index contributed by atoms with van der Waals surface area (Å²) in [6.45, 7) is 2.28. The molecule has 1 saturated carbocycles. The monoisotopic (exact) mass is 292 g/mol. The number of hydrogen-bond donors (Lipinski definition) is 4. The van der Waals surface area contributed by atoms with Gasteiger partial charge >= 0.3 is 6.03 Å². The van der Waals surface area contributed by atoms with E-state index in [9.17, 15) is 4.79 Å². The summed E-state index contributed by atoms with van der Waals surface area (Å²) in [6.07, 6.45) is 2.33. The molecular weight excluding hydrogens is 272 g/mol. The molecule has 6 heteroatoms. The van der Waals surface area contributed by atoms with Gasteiger partial charge in [-0.1, -0.05) is 18.2 Å². The maximum Gasteiger partial charge on any atom is 0.315 e. The third kappa shape index (κ3) is 3.65. The van der Waals surface area contributed by atoms with Crippen molar-refractivity contribution in [3.63, 3.8) is 0 Å². The number of carbonyl (C=O) groups is 1. The van der Waals surface area contributed by atoms with Crippen molar-refractivity contribution in [2.24, 2.45) is 0 Å². The van der Waals surface area contributed by atoms with Crippen LogP contribution in [0, 0.1) is 0 Å². The summed E-state index contributed by atoms with van der Waals surface area (Å²) in [5.41, 5.74) is 6.00. The fourth-order valence-corrected chi connectivity index (χ4v) is 3.48. The van der Waals surface area contributed by atoms with Gasteiger partial charge in [0.25, 0.3) is 0 Å². The highest BCUT2D eigenvalue weighted by atomic mass is 32.2. The second-order valence-corrected chi connectivity index (χ2v) is 6.93. The topological polar surface area (TPSA) is 65.2 Å². The molecule has 3 rings (SSSR count). The highest BCUT2D eigenvalue weighted by molar-refractivity contribution is 8.01. The minimum atomic E-state index is -0.0690. The normalized spacial score (nSPS) is 20.6. The molecule has 1 aromatic carbocycles. The van der Waals surface area contributed by atoms with Gasteiger partial charge in [-0.2, -0.15) is 0 Å². The smallest absolute Gasteiger partial charge is 0.315 e. The number of hydrogen-bond acceptors (Lipinski definition) is 4. The van der Waals surface area contributed by atoms with Crippen LogP contribution in [0.15, 0.2) is 35.2 Å². The van der Waals surface area contributed by atoms with E-state index in [0.29, 0.717) is 0 Å². The Kier molecular flexibility index (Phi) is 4.14. The zero-order valence-electron chi connectivity index (χ0n) is 11.3. The molecule has 108 valence electrons. The fraction of sp³-hybridized carbons (Fsp3) is 0.500. The Morgan fingerprint density at radius 1 is 1.25 bits per heavy atom. The first kappa shape index (κ1) is 13.7. The average molecular weight is 292 g/mol. The zero-order valence-corrected chi connectivity index (χ0v) is 12.1. The summed E-state index contributed by atoms with van der Waals surface area (Å²) in [4.78, 5) is 13.1. The third-order valence-corrected chi connectivity index (χ3v) is 5.11. The van der Waals surface area contributed by atoms with Gasteiger partial charge in [0, 0.05) is 29.3 Å². The Hall–Kier alpha value is -1.24. The van der Waals surface area contributed by atoms with Gasteiger partial charge in [-0.3, -0.25) is 10.9 Å². The molecule has 0 spiro atoms. The van der Waals surface area contributed by atoms with E-state index in [1.807, 2.05) is 17.8 Å². The second-order valence-electron chi connectivity index (χ2n) is 5.38. The van der Waals surface area contributed by atoms with E-state index >= 15 is 0 Å². The number of nitrogens with one attached hydrogen (secondary N) is 4. The number of benzene rings is 1. The van der Waals surface area contributed by atoms with Crippen LogP contribution >= 0.6 is 11.8 Å². The van der Waals surface area contributed by atoms with Gasteiger partial charge in [0.2, 0.25) is 0 Å². The number of carbonyl (C=O) groups excluding carboxylic acids is 1. The van der Waals surface area contributed by atoms with E-state index in [4.69, 9.17) is 0 Å². The lowest BCUT2D eigenvalue weighted by atomic mass is 10.3. The third-order valence-electron chi connectivity index (χ3n) is 3.61. The molecule has 0 atom stereocenters. The van der Waals surface area contributed by atoms with Crippen LogP contribution < -0.4 is 21.5 Å². The van der Waals surface area contributed by atoms with Crippen molar-refractivity contribution < 1.29 is 4.79 Å². The molecular formula is C14H20N4OS. The molecule has 2 amide bonds. The van der Waals surface area contributed by atoms with Crippen molar-refractivity contribution in [1.29, 1.82) is 0 Å². The van der Waals surface area contributed by atoms with Crippen molar-refractivity contribution in [2.75, 3.05) is 19.6 Å². The van der Waals surface area contributed by atoms with E-state index in [1.165, 1.54) is 17.7 Å². The summed E-state index contributed by atoms with van der Waals surface area (Å²) in [7, 11) is 0. The van der Waals surface area contributed by atoms with Crippen molar-refractivity contribution >= 4 is 17.8 Å². The predicted molar refractivity (Wildman–Crippen MR) is 80.6 cm³/mol. The molecule has 1 saturated heterocycles. The summed E-state index contributed by atoms with van der Waals surface area (Å²) >= 11 is 1.87. The van der Waals surface area contributed by atoms with Gasteiger partial charge in [-0.25, -0.2) is 4.79 Å². The first-order valence-corrected chi connectivity index (χ1v) is 7.82. The number of thioether (sulfide) groups is 1. The van der Waals surface area contributed by atoms with Crippen LogP contribution in [0.3, 0.4) is 0 Å². The molecule has 1 aliphatic heterocycles. The van der Waals surface area contributed by atoms with Crippen LogP contribution in [0.5, 0.6) is 0 Å². The summed E-state index contributed by atoms with van der Waals surface area (Å²) in [6, 6.07) is 10.5. The first-order chi connectivity index (χ1) is 9.76. The Bertz CT molecular complexity index is 458. The lowest BCUT2D eigenvalue weighted by Crippen LogP contribution is -2.46. The van der Waals surface area contributed by atoms with Crippen molar-refractivity contribution in [3.8, 4) is 0 Å². The number of amides is 2. The second kappa shape index (κ2) is 6.03. The molecule has 0 bridgehead atoms. The molecule has 0 unspecified atom stereocenters. The number of urea groups is 1. The molecule has 2 fully saturated rings. The van der Waals surface area contributed by atoms with E-state index in [2.05, 4.69) is 45.8 Å². The molecule has 1 heterocycles. The Labute approximate surface area is 123 Å². The lowest BCUT2D eigenvalue weighted by Gasteiger charge is -2.17. The van der Waals surface area contributed by atoms with Gasteiger partial charge < -0.3 is 10.6 Å². The van der Waals surface area contributed by atoms with Gasteiger partial charge in [-0.05, 0) is 25.0 Å². The quantitative estimate of drug-likeness (QED) is 0.656. The maximum atomic E-state index is 11.8. The van der Waals surface area contributed by atoms with E-state index in [0.717, 1.165) is 19.6 Å². The molecule has 0 radical (unpaired) electrons. The zero-order chi connectivity index (χ0) is 13.8.